The van der Waals surface area contributed by atoms with Crippen molar-refractivity contribution in [2.24, 2.45) is 0 Å². The maximum Gasteiger partial charge on any atom is 0.488 e. The molecular weight excluding hydrogens is 278 g/mol. The van der Waals surface area contributed by atoms with Crippen molar-refractivity contribution < 1.29 is 14.4 Å². The minimum Gasteiger partial charge on any atom is -0.423 e. The highest BCUT2D eigenvalue weighted by molar-refractivity contribution is 7.98. The summed E-state index contributed by atoms with van der Waals surface area (Å²) in [6.45, 7) is 3.78. The van der Waals surface area contributed by atoms with Gasteiger partial charge in [0.1, 0.15) is 5.82 Å². The topological polar surface area (TPSA) is 66.2 Å². The molecule has 0 aliphatic rings. The Bertz CT molecular complexity index is 605. The third-order valence-electron chi connectivity index (χ3n) is 2.70. The second-order valence-corrected chi connectivity index (χ2v) is 5.38. The first-order chi connectivity index (χ1) is 9.45. The predicted octanol–water partition coefficient (Wildman–Crippen LogP) is 1.20. The Morgan fingerprint density at radius 3 is 2.40 bits per heavy atom. The molecule has 2 rings (SSSR count). The first-order valence-corrected chi connectivity index (χ1v) is 7.04. The van der Waals surface area contributed by atoms with E-state index in [1.165, 1.54) is 17.8 Å². The molecule has 104 valence electrons. The molecular formula is C13H14BFN2O2S. The summed E-state index contributed by atoms with van der Waals surface area (Å²) < 4.78 is 13.1. The van der Waals surface area contributed by atoms with E-state index in [4.69, 9.17) is 0 Å². The standard InChI is InChI=1S/C13H14BFN2O2S/c1-8-5-9(2)17-13(16-8)20-7-10-3-4-11(15)6-12(10)14(18)19/h3-6,18-19H,7H2,1-2H3. The number of thioether (sulfide) groups is 1. The van der Waals surface area contributed by atoms with E-state index in [1.807, 2.05) is 19.9 Å². The molecule has 0 saturated carbocycles. The Labute approximate surface area is 121 Å². The van der Waals surface area contributed by atoms with Gasteiger partial charge in [0.2, 0.25) is 0 Å². The highest BCUT2D eigenvalue weighted by Crippen LogP contribution is 2.19. The van der Waals surface area contributed by atoms with Crippen LogP contribution in [0.2, 0.25) is 0 Å². The van der Waals surface area contributed by atoms with Gasteiger partial charge in [0.05, 0.1) is 0 Å². The van der Waals surface area contributed by atoms with Crippen LogP contribution in [0.4, 0.5) is 4.39 Å². The number of hydrogen-bond donors (Lipinski definition) is 2. The van der Waals surface area contributed by atoms with Crippen LogP contribution in [0.1, 0.15) is 17.0 Å². The van der Waals surface area contributed by atoms with Crippen molar-refractivity contribution in [3.63, 3.8) is 0 Å². The molecule has 1 heterocycles. The number of benzene rings is 1. The Balaban J connectivity index is 2.18. The van der Waals surface area contributed by atoms with Crippen LogP contribution in [0.3, 0.4) is 0 Å². The van der Waals surface area contributed by atoms with Gasteiger partial charge < -0.3 is 10.0 Å². The number of aryl methyl sites for hydroxylation is 2. The van der Waals surface area contributed by atoms with Crippen molar-refractivity contribution in [2.45, 2.75) is 24.8 Å². The van der Waals surface area contributed by atoms with Crippen LogP contribution < -0.4 is 5.46 Å². The Morgan fingerprint density at radius 1 is 1.15 bits per heavy atom. The molecule has 0 saturated heterocycles. The van der Waals surface area contributed by atoms with E-state index in [0.717, 1.165) is 17.5 Å². The monoisotopic (exact) mass is 292 g/mol. The van der Waals surface area contributed by atoms with Crippen molar-refractivity contribution in [3.8, 4) is 0 Å². The van der Waals surface area contributed by atoms with E-state index >= 15 is 0 Å². The molecule has 2 aromatic rings. The van der Waals surface area contributed by atoms with E-state index in [-0.39, 0.29) is 5.46 Å². The van der Waals surface area contributed by atoms with E-state index in [9.17, 15) is 14.4 Å². The van der Waals surface area contributed by atoms with Gasteiger partial charge in [-0.15, -0.1) is 0 Å². The van der Waals surface area contributed by atoms with Gasteiger partial charge in [0.15, 0.2) is 5.16 Å². The first kappa shape index (κ1) is 15.0. The third-order valence-corrected chi connectivity index (χ3v) is 3.60. The highest BCUT2D eigenvalue weighted by Gasteiger charge is 2.17. The van der Waals surface area contributed by atoms with Crippen molar-refractivity contribution in [3.05, 3.63) is 47.0 Å². The number of hydrogen-bond acceptors (Lipinski definition) is 5. The SMILES string of the molecule is Cc1cc(C)nc(SCc2ccc(F)cc2B(O)O)n1. The average Bonchev–Trinajstić information content (AvgIpc) is 2.36. The van der Waals surface area contributed by atoms with Crippen LogP contribution in [0, 0.1) is 19.7 Å². The lowest BCUT2D eigenvalue weighted by molar-refractivity contribution is 0.425. The molecule has 20 heavy (non-hydrogen) atoms. The molecule has 0 spiro atoms. The zero-order chi connectivity index (χ0) is 14.7. The van der Waals surface area contributed by atoms with Gasteiger partial charge >= 0.3 is 7.12 Å². The number of aromatic nitrogens is 2. The first-order valence-electron chi connectivity index (χ1n) is 6.05. The van der Waals surface area contributed by atoms with Crippen LogP contribution in [0.5, 0.6) is 0 Å². The second kappa shape index (κ2) is 6.34. The van der Waals surface area contributed by atoms with E-state index < -0.39 is 12.9 Å². The lowest BCUT2D eigenvalue weighted by Crippen LogP contribution is -2.33. The fourth-order valence-corrected chi connectivity index (χ4v) is 2.80. The van der Waals surface area contributed by atoms with Crippen LogP contribution in [0.25, 0.3) is 0 Å². The van der Waals surface area contributed by atoms with Gasteiger partial charge in [0, 0.05) is 17.1 Å². The van der Waals surface area contributed by atoms with Gasteiger partial charge in [-0.1, -0.05) is 17.8 Å². The van der Waals surface area contributed by atoms with Gasteiger partial charge in [-0.2, -0.15) is 0 Å². The van der Waals surface area contributed by atoms with Crippen molar-refractivity contribution in [1.29, 1.82) is 0 Å². The smallest absolute Gasteiger partial charge is 0.423 e. The zero-order valence-corrected chi connectivity index (χ0v) is 12.0. The van der Waals surface area contributed by atoms with Gasteiger partial charge in [-0.3, -0.25) is 0 Å². The fraction of sp³-hybridized carbons (Fsp3) is 0.231. The highest BCUT2D eigenvalue weighted by atomic mass is 32.2. The molecule has 0 fully saturated rings. The molecule has 2 N–H and O–H groups in total. The molecule has 0 radical (unpaired) electrons. The Morgan fingerprint density at radius 2 is 1.80 bits per heavy atom. The zero-order valence-electron chi connectivity index (χ0n) is 11.2. The summed E-state index contributed by atoms with van der Waals surface area (Å²) in [4.78, 5) is 8.59. The van der Waals surface area contributed by atoms with Gasteiger partial charge in [-0.05, 0) is 43.1 Å². The average molecular weight is 292 g/mol. The normalized spacial score (nSPS) is 10.7. The lowest BCUT2D eigenvalue weighted by Gasteiger charge is -2.09. The minimum atomic E-state index is -1.69. The summed E-state index contributed by atoms with van der Waals surface area (Å²) in [5.41, 5.74) is 2.57. The fourth-order valence-electron chi connectivity index (χ4n) is 1.84. The summed E-state index contributed by atoms with van der Waals surface area (Å²) >= 11 is 1.37. The van der Waals surface area contributed by atoms with Crippen LogP contribution in [-0.4, -0.2) is 27.1 Å². The maximum absolute atomic E-state index is 13.1. The predicted molar refractivity (Wildman–Crippen MR) is 77.3 cm³/mol. The number of rotatable bonds is 4. The van der Waals surface area contributed by atoms with E-state index in [1.54, 1.807) is 6.07 Å². The third kappa shape index (κ3) is 3.78. The van der Waals surface area contributed by atoms with Gasteiger partial charge in [-0.25, -0.2) is 14.4 Å². The molecule has 0 bridgehead atoms. The van der Waals surface area contributed by atoms with Crippen molar-refractivity contribution in [2.75, 3.05) is 0 Å². The maximum atomic E-state index is 13.1. The summed E-state index contributed by atoms with van der Waals surface area (Å²) in [7, 11) is -1.69. The quantitative estimate of drug-likeness (QED) is 0.503. The molecule has 0 amide bonds. The number of nitrogens with zero attached hydrogens (tertiary/aromatic N) is 2. The van der Waals surface area contributed by atoms with Crippen molar-refractivity contribution >= 4 is 24.3 Å². The molecule has 7 heteroatoms. The minimum absolute atomic E-state index is 0.168. The molecule has 1 aromatic carbocycles. The molecule has 0 aliphatic carbocycles. The van der Waals surface area contributed by atoms with Gasteiger partial charge in [0.25, 0.3) is 0 Å². The summed E-state index contributed by atoms with van der Waals surface area (Å²) in [5, 5.41) is 19.1. The molecule has 0 unspecified atom stereocenters. The molecule has 4 nitrogen and oxygen atoms in total. The molecule has 1 aromatic heterocycles. The second-order valence-electron chi connectivity index (χ2n) is 4.44. The Kier molecular flexibility index (Phi) is 4.75. The lowest BCUT2D eigenvalue weighted by atomic mass is 9.77. The largest absolute Gasteiger partial charge is 0.488 e. The van der Waals surface area contributed by atoms with Crippen LogP contribution >= 0.6 is 11.8 Å². The number of halogens is 1. The van der Waals surface area contributed by atoms with Crippen molar-refractivity contribution in [1.82, 2.24) is 9.97 Å². The summed E-state index contributed by atoms with van der Waals surface area (Å²) in [6.07, 6.45) is 0. The van der Waals surface area contributed by atoms with Crippen LogP contribution in [0.15, 0.2) is 29.4 Å². The summed E-state index contributed by atoms with van der Waals surface area (Å²) in [5.74, 6) is -0.0552. The van der Waals surface area contributed by atoms with E-state index in [2.05, 4.69) is 9.97 Å². The van der Waals surface area contributed by atoms with E-state index in [0.29, 0.717) is 16.5 Å². The molecule has 0 aliphatic heterocycles. The summed E-state index contributed by atoms with van der Waals surface area (Å²) in [6, 6.07) is 5.84. The van der Waals surface area contributed by atoms with Crippen LogP contribution in [-0.2, 0) is 5.75 Å². The Hall–Kier alpha value is -1.44. The molecule has 0 atom stereocenters.